The van der Waals surface area contributed by atoms with Crippen molar-refractivity contribution in [3.05, 3.63) is 64.8 Å². The van der Waals surface area contributed by atoms with Gasteiger partial charge in [-0.3, -0.25) is 4.40 Å². The Hall–Kier alpha value is -1.99. The van der Waals surface area contributed by atoms with Gasteiger partial charge in [0.1, 0.15) is 12.4 Å². The van der Waals surface area contributed by atoms with Crippen LogP contribution in [0.4, 0.5) is 0 Å². The van der Waals surface area contributed by atoms with Crippen molar-refractivity contribution in [3.8, 4) is 5.75 Å². The molecule has 1 atom stereocenters. The summed E-state index contributed by atoms with van der Waals surface area (Å²) >= 11 is 13.5. The lowest BCUT2D eigenvalue weighted by Crippen LogP contribution is -2.20. The Morgan fingerprint density at radius 2 is 1.89 bits per heavy atom. The zero-order chi connectivity index (χ0) is 18.8. The molecule has 8 heteroatoms. The summed E-state index contributed by atoms with van der Waals surface area (Å²) in [6.45, 7) is 0.184. The summed E-state index contributed by atoms with van der Waals surface area (Å²) in [6, 6.07) is 15.5. The number of aliphatic hydroxyl groups is 1. The van der Waals surface area contributed by atoms with Gasteiger partial charge in [-0.1, -0.05) is 65.3 Å². The van der Waals surface area contributed by atoms with E-state index in [1.54, 1.807) is 16.7 Å². The normalized spacial score (nSPS) is 12.6. The van der Waals surface area contributed by atoms with E-state index in [-0.39, 0.29) is 6.61 Å². The van der Waals surface area contributed by atoms with Crippen molar-refractivity contribution >= 4 is 51.4 Å². The van der Waals surface area contributed by atoms with Crippen molar-refractivity contribution in [1.82, 2.24) is 14.6 Å². The lowest BCUT2D eigenvalue weighted by molar-refractivity contribution is 0.126. The van der Waals surface area contributed by atoms with E-state index in [1.807, 2.05) is 42.5 Å². The zero-order valence-electron chi connectivity index (χ0n) is 14.0. The first-order valence-electron chi connectivity index (χ1n) is 8.22. The first kappa shape index (κ1) is 18.4. The molecule has 0 bridgehead atoms. The van der Waals surface area contributed by atoms with E-state index in [0.717, 1.165) is 16.5 Å². The van der Waals surface area contributed by atoms with Crippen molar-refractivity contribution in [1.29, 1.82) is 0 Å². The number of ether oxygens (including phenoxy) is 1. The minimum absolute atomic E-state index is 0.184. The molecule has 1 N–H and O–H groups in total. The van der Waals surface area contributed by atoms with Gasteiger partial charge in [0.15, 0.2) is 10.8 Å². The highest BCUT2D eigenvalue weighted by atomic mass is 35.5. The van der Waals surface area contributed by atoms with Crippen molar-refractivity contribution in [2.75, 3.05) is 12.4 Å². The van der Waals surface area contributed by atoms with Crippen LogP contribution in [0.3, 0.4) is 0 Å². The minimum atomic E-state index is -0.663. The van der Waals surface area contributed by atoms with Gasteiger partial charge in [-0.05, 0) is 29.0 Å². The van der Waals surface area contributed by atoms with Gasteiger partial charge in [0, 0.05) is 11.9 Å². The molecule has 2 heterocycles. The highest BCUT2D eigenvalue weighted by Gasteiger charge is 2.13. The molecule has 2 aromatic carbocycles. The maximum Gasteiger partial charge on any atom is 0.195 e. The minimum Gasteiger partial charge on any atom is -0.491 e. The molecule has 4 rings (SSSR count). The predicted molar refractivity (Wildman–Crippen MR) is 109 cm³/mol. The van der Waals surface area contributed by atoms with Crippen LogP contribution in [-0.2, 0) is 0 Å². The number of hydrogen-bond donors (Lipinski definition) is 1. The Bertz CT molecular complexity index is 1100. The third-order valence-electron chi connectivity index (χ3n) is 3.96. The van der Waals surface area contributed by atoms with E-state index < -0.39 is 6.10 Å². The second-order valence-corrected chi connectivity index (χ2v) is 7.80. The molecule has 0 radical (unpaired) electrons. The molecule has 0 unspecified atom stereocenters. The van der Waals surface area contributed by atoms with Crippen LogP contribution in [0.2, 0.25) is 10.0 Å². The maximum atomic E-state index is 10.2. The summed E-state index contributed by atoms with van der Waals surface area (Å²) in [7, 11) is 0. The number of thioether (sulfide) groups is 1. The molecule has 138 valence electrons. The molecule has 0 fully saturated rings. The lowest BCUT2D eigenvalue weighted by atomic mass is 10.1. The van der Waals surface area contributed by atoms with Crippen LogP contribution in [0.25, 0.3) is 16.4 Å². The molecule has 0 saturated heterocycles. The average molecular weight is 420 g/mol. The van der Waals surface area contributed by atoms with Crippen LogP contribution in [-0.4, -0.2) is 38.2 Å². The smallest absolute Gasteiger partial charge is 0.195 e. The fourth-order valence-electron chi connectivity index (χ4n) is 2.67. The van der Waals surface area contributed by atoms with Gasteiger partial charge in [-0.15, -0.1) is 10.2 Å². The van der Waals surface area contributed by atoms with Crippen molar-refractivity contribution in [2.24, 2.45) is 0 Å². The molecule has 5 nitrogen and oxygen atoms in total. The molecule has 0 amide bonds. The number of hydrogen-bond acceptors (Lipinski definition) is 5. The van der Waals surface area contributed by atoms with Crippen LogP contribution in [0.5, 0.6) is 5.75 Å². The number of aromatic nitrogens is 3. The predicted octanol–water partition coefficient (Wildman–Crippen LogP) is 4.72. The third kappa shape index (κ3) is 4.14. The Kier molecular flexibility index (Phi) is 5.41. The number of rotatable bonds is 6. The topological polar surface area (TPSA) is 59.7 Å². The van der Waals surface area contributed by atoms with Gasteiger partial charge in [-0.2, -0.15) is 0 Å². The maximum absolute atomic E-state index is 10.2. The molecule has 0 aliphatic carbocycles. The van der Waals surface area contributed by atoms with E-state index in [2.05, 4.69) is 10.2 Å². The first-order chi connectivity index (χ1) is 13.1. The summed E-state index contributed by atoms with van der Waals surface area (Å²) < 4.78 is 7.44. The molecule has 0 saturated carbocycles. The average Bonchev–Trinajstić information content (AvgIpc) is 3.07. The van der Waals surface area contributed by atoms with E-state index in [9.17, 15) is 5.11 Å². The highest BCUT2D eigenvalue weighted by molar-refractivity contribution is 7.99. The van der Waals surface area contributed by atoms with Gasteiger partial charge in [0.05, 0.1) is 16.1 Å². The van der Waals surface area contributed by atoms with Crippen molar-refractivity contribution in [3.63, 3.8) is 0 Å². The van der Waals surface area contributed by atoms with Gasteiger partial charge < -0.3 is 9.84 Å². The van der Waals surface area contributed by atoms with Crippen LogP contribution in [0.1, 0.15) is 0 Å². The second kappa shape index (κ2) is 7.94. The number of halogens is 2. The van der Waals surface area contributed by atoms with Crippen LogP contribution in [0, 0.1) is 0 Å². The summed E-state index contributed by atoms with van der Waals surface area (Å²) in [5, 5.41) is 22.2. The Labute approximate surface area is 169 Å². The second-order valence-electron chi connectivity index (χ2n) is 5.97. The summed E-state index contributed by atoms with van der Waals surface area (Å²) in [6.07, 6.45) is 1.03. The van der Waals surface area contributed by atoms with Crippen LogP contribution < -0.4 is 4.74 Å². The number of fused-ring (bicyclic) bond motifs is 2. The molecule has 0 aliphatic rings. The lowest BCUT2D eigenvalue weighted by Gasteiger charge is -2.12. The number of pyridine rings is 1. The Balaban J connectivity index is 1.37. The SMILES string of the molecule is O[C@H](COc1ccc2ccccc2c1)CSc1nnc2c(Cl)cc(Cl)cn12. The first-order valence-corrected chi connectivity index (χ1v) is 9.96. The van der Waals surface area contributed by atoms with Crippen LogP contribution >= 0.6 is 35.0 Å². The van der Waals surface area contributed by atoms with E-state index in [4.69, 9.17) is 27.9 Å². The Morgan fingerprint density at radius 3 is 2.74 bits per heavy atom. The summed E-state index contributed by atoms with van der Waals surface area (Å²) in [5.41, 5.74) is 0.533. The molecule has 4 aromatic rings. The van der Waals surface area contributed by atoms with E-state index >= 15 is 0 Å². The highest BCUT2D eigenvalue weighted by Crippen LogP contribution is 2.26. The quantitative estimate of drug-likeness (QED) is 0.458. The van der Waals surface area contributed by atoms with Crippen LogP contribution in [0.15, 0.2) is 59.9 Å². The Morgan fingerprint density at radius 1 is 1.07 bits per heavy atom. The third-order valence-corrected chi connectivity index (χ3v) is 5.54. The molecular formula is C19H15Cl2N3O2S. The molecule has 27 heavy (non-hydrogen) atoms. The van der Waals surface area contributed by atoms with Gasteiger partial charge >= 0.3 is 0 Å². The number of benzene rings is 2. The van der Waals surface area contributed by atoms with E-state index in [1.165, 1.54) is 11.8 Å². The molecule has 0 spiro atoms. The standard InChI is InChI=1S/C19H15Cl2N3O2S/c20-14-8-17(21)18-22-23-19(24(18)9-14)27-11-15(25)10-26-16-6-5-12-3-1-2-4-13(12)7-16/h1-9,15,25H,10-11H2/t15-/m1/s1. The fraction of sp³-hybridized carbons (Fsp3) is 0.158. The summed E-state index contributed by atoms with van der Waals surface area (Å²) in [4.78, 5) is 0. The van der Waals surface area contributed by atoms with Crippen molar-refractivity contribution in [2.45, 2.75) is 11.3 Å². The molecule has 2 aromatic heterocycles. The van der Waals surface area contributed by atoms with E-state index in [0.29, 0.717) is 26.6 Å². The zero-order valence-corrected chi connectivity index (χ0v) is 16.4. The fourth-order valence-corrected chi connectivity index (χ4v) is 3.99. The largest absolute Gasteiger partial charge is 0.491 e. The molecular weight excluding hydrogens is 405 g/mol. The molecule has 0 aliphatic heterocycles. The summed E-state index contributed by atoms with van der Waals surface area (Å²) in [5.74, 6) is 1.13. The van der Waals surface area contributed by atoms with Crippen molar-refractivity contribution < 1.29 is 9.84 Å². The van der Waals surface area contributed by atoms with Gasteiger partial charge in [0.2, 0.25) is 0 Å². The van der Waals surface area contributed by atoms with Gasteiger partial charge in [-0.25, -0.2) is 0 Å². The monoisotopic (exact) mass is 419 g/mol. The number of aliphatic hydroxyl groups excluding tert-OH is 1. The number of nitrogens with zero attached hydrogens (tertiary/aromatic N) is 3. The van der Waals surface area contributed by atoms with Gasteiger partial charge in [0.25, 0.3) is 0 Å².